The first-order chi connectivity index (χ1) is 14.8. The standard InChI is InChI=1S/C22H17ClF2N2O4/c1-12(13-3-5-14(6-4-13)22(29)30-2)27-20(28)17-9-16(25)11-26-21(17)31-19-8-7-15(24)10-18(19)23/h3-12H,1-2H3,(H,27,28)/t12-/m0/s1. The Bertz CT molecular complexity index is 1120. The maximum absolute atomic E-state index is 13.8. The summed E-state index contributed by atoms with van der Waals surface area (Å²) < 4.78 is 37.2. The SMILES string of the molecule is COC(=O)c1ccc([C@H](C)NC(=O)c2cc(F)cnc2Oc2ccc(F)cc2Cl)cc1. The molecule has 3 rings (SSSR count). The summed E-state index contributed by atoms with van der Waals surface area (Å²) in [6, 6.07) is 10.4. The van der Waals surface area contributed by atoms with E-state index in [1.807, 2.05) is 0 Å². The summed E-state index contributed by atoms with van der Waals surface area (Å²) in [6.45, 7) is 1.72. The van der Waals surface area contributed by atoms with Crippen molar-refractivity contribution in [3.8, 4) is 11.6 Å². The zero-order valence-corrected chi connectivity index (χ0v) is 17.2. The number of aromatic nitrogens is 1. The molecule has 2 aromatic carbocycles. The number of carbonyl (C=O) groups is 2. The number of amides is 1. The molecule has 0 fully saturated rings. The number of esters is 1. The summed E-state index contributed by atoms with van der Waals surface area (Å²) in [5, 5.41) is 2.69. The highest BCUT2D eigenvalue weighted by atomic mass is 35.5. The van der Waals surface area contributed by atoms with Crippen molar-refractivity contribution in [2.45, 2.75) is 13.0 Å². The van der Waals surface area contributed by atoms with E-state index in [-0.39, 0.29) is 22.2 Å². The lowest BCUT2D eigenvalue weighted by molar-refractivity contribution is 0.0600. The zero-order chi connectivity index (χ0) is 22.5. The average Bonchev–Trinajstić information content (AvgIpc) is 2.76. The van der Waals surface area contributed by atoms with Crippen LogP contribution < -0.4 is 10.1 Å². The van der Waals surface area contributed by atoms with Gasteiger partial charge in [0.15, 0.2) is 0 Å². The zero-order valence-electron chi connectivity index (χ0n) is 16.5. The van der Waals surface area contributed by atoms with Crippen LogP contribution in [0.5, 0.6) is 11.6 Å². The predicted octanol–water partition coefficient (Wildman–Crippen LogP) is 5.08. The predicted molar refractivity (Wildman–Crippen MR) is 109 cm³/mol. The van der Waals surface area contributed by atoms with Crippen LogP contribution in [0.4, 0.5) is 8.78 Å². The van der Waals surface area contributed by atoms with Gasteiger partial charge in [-0.1, -0.05) is 23.7 Å². The minimum absolute atomic E-state index is 0.0310. The van der Waals surface area contributed by atoms with Crippen LogP contribution in [-0.2, 0) is 4.74 Å². The van der Waals surface area contributed by atoms with E-state index in [0.717, 1.165) is 24.4 Å². The van der Waals surface area contributed by atoms with Gasteiger partial charge in [0.05, 0.1) is 29.9 Å². The molecule has 0 saturated carbocycles. The number of halogens is 3. The van der Waals surface area contributed by atoms with Crippen LogP contribution in [0.25, 0.3) is 0 Å². The number of methoxy groups -OCH3 is 1. The summed E-state index contributed by atoms with van der Waals surface area (Å²) in [6.07, 6.45) is 0.887. The molecule has 0 aliphatic heterocycles. The molecule has 1 N–H and O–H groups in total. The van der Waals surface area contributed by atoms with Gasteiger partial charge in [0.25, 0.3) is 5.91 Å². The Hall–Kier alpha value is -3.52. The van der Waals surface area contributed by atoms with Gasteiger partial charge in [0.2, 0.25) is 5.88 Å². The lowest BCUT2D eigenvalue weighted by atomic mass is 10.1. The van der Waals surface area contributed by atoms with Gasteiger partial charge in [0, 0.05) is 0 Å². The Kier molecular flexibility index (Phi) is 6.81. The fourth-order valence-corrected chi connectivity index (χ4v) is 2.92. The smallest absolute Gasteiger partial charge is 0.337 e. The van der Waals surface area contributed by atoms with Crippen molar-refractivity contribution >= 4 is 23.5 Å². The van der Waals surface area contributed by atoms with Crippen LogP contribution in [0.1, 0.15) is 39.2 Å². The maximum atomic E-state index is 13.8. The van der Waals surface area contributed by atoms with Crippen LogP contribution in [0.3, 0.4) is 0 Å². The molecule has 0 spiro atoms. The number of pyridine rings is 1. The Labute approximate surface area is 181 Å². The third-order valence-electron chi connectivity index (χ3n) is 4.34. The summed E-state index contributed by atoms with van der Waals surface area (Å²) in [5.41, 5.74) is 0.902. The minimum Gasteiger partial charge on any atom is -0.465 e. The van der Waals surface area contributed by atoms with Gasteiger partial charge in [0.1, 0.15) is 22.9 Å². The van der Waals surface area contributed by atoms with Crippen molar-refractivity contribution in [3.63, 3.8) is 0 Å². The Morgan fingerprint density at radius 1 is 1.06 bits per heavy atom. The fourth-order valence-electron chi connectivity index (χ4n) is 2.72. The third kappa shape index (κ3) is 5.35. The maximum Gasteiger partial charge on any atom is 0.337 e. The molecule has 1 atom stereocenters. The van der Waals surface area contributed by atoms with Crippen LogP contribution in [0.2, 0.25) is 5.02 Å². The van der Waals surface area contributed by atoms with Crippen LogP contribution in [0.15, 0.2) is 54.7 Å². The quantitative estimate of drug-likeness (QED) is 0.534. The second kappa shape index (κ2) is 9.53. The highest BCUT2D eigenvalue weighted by molar-refractivity contribution is 6.32. The largest absolute Gasteiger partial charge is 0.465 e. The van der Waals surface area contributed by atoms with E-state index >= 15 is 0 Å². The number of hydrogen-bond donors (Lipinski definition) is 1. The van der Waals surface area contributed by atoms with Gasteiger partial charge in [-0.3, -0.25) is 4.79 Å². The first-order valence-electron chi connectivity index (χ1n) is 9.06. The number of nitrogens with one attached hydrogen (secondary N) is 1. The van der Waals surface area contributed by atoms with E-state index in [0.29, 0.717) is 11.1 Å². The van der Waals surface area contributed by atoms with Crippen LogP contribution >= 0.6 is 11.6 Å². The molecular weight excluding hydrogens is 430 g/mol. The second-order valence-corrected chi connectivity index (χ2v) is 6.90. The van der Waals surface area contributed by atoms with E-state index in [2.05, 4.69) is 15.0 Å². The minimum atomic E-state index is -0.738. The monoisotopic (exact) mass is 446 g/mol. The Morgan fingerprint density at radius 3 is 2.42 bits per heavy atom. The molecule has 0 saturated heterocycles. The van der Waals surface area contributed by atoms with E-state index in [1.54, 1.807) is 31.2 Å². The first kappa shape index (κ1) is 22.2. The molecule has 1 amide bonds. The lowest BCUT2D eigenvalue weighted by Crippen LogP contribution is -2.27. The molecule has 1 heterocycles. The number of hydrogen-bond acceptors (Lipinski definition) is 5. The highest BCUT2D eigenvalue weighted by Crippen LogP contribution is 2.31. The molecule has 0 unspecified atom stereocenters. The van der Waals surface area contributed by atoms with Gasteiger partial charge in [-0.05, 0) is 48.9 Å². The van der Waals surface area contributed by atoms with Crippen molar-refractivity contribution in [1.29, 1.82) is 0 Å². The first-order valence-corrected chi connectivity index (χ1v) is 9.44. The molecule has 3 aromatic rings. The third-order valence-corrected chi connectivity index (χ3v) is 4.64. The van der Waals surface area contributed by atoms with Crippen molar-refractivity contribution in [2.24, 2.45) is 0 Å². The molecule has 0 radical (unpaired) electrons. The number of rotatable bonds is 6. The number of nitrogens with zero attached hydrogens (tertiary/aromatic N) is 1. The highest BCUT2D eigenvalue weighted by Gasteiger charge is 2.20. The lowest BCUT2D eigenvalue weighted by Gasteiger charge is -2.16. The van der Waals surface area contributed by atoms with E-state index in [1.165, 1.54) is 13.2 Å². The molecule has 0 bridgehead atoms. The average molecular weight is 447 g/mol. The van der Waals surface area contributed by atoms with Gasteiger partial charge in [-0.25, -0.2) is 18.6 Å². The topological polar surface area (TPSA) is 77.5 Å². The molecule has 9 heteroatoms. The summed E-state index contributed by atoms with van der Waals surface area (Å²) in [5.74, 6) is -2.56. The number of ether oxygens (including phenoxy) is 2. The van der Waals surface area contributed by atoms with Gasteiger partial charge in [-0.15, -0.1) is 0 Å². The van der Waals surface area contributed by atoms with Gasteiger partial charge >= 0.3 is 5.97 Å². The molecule has 0 aliphatic rings. The molecule has 160 valence electrons. The van der Waals surface area contributed by atoms with Gasteiger partial charge < -0.3 is 14.8 Å². The Morgan fingerprint density at radius 2 is 1.77 bits per heavy atom. The van der Waals surface area contributed by atoms with Gasteiger partial charge in [-0.2, -0.15) is 0 Å². The van der Waals surface area contributed by atoms with Crippen molar-refractivity contribution in [3.05, 3.63) is 88.1 Å². The second-order valence-electron chi connectivity index (χ2n) is 6.49. The molecule has 1 aromatic heterocycles. The number of carbonyl (C=O) groups excluding carboxylic acids is 2. The Balaban J connectivity index is 1.81. The summed E-state index contributed by atoms with van der Waals surface area (Å²) in [7, 11) is 1.28. The van der Waals surface area contributed by atoms with E-state index in [9.17, 15) is 18.4 Å². The van der Waals surface area contributed by atoms with Crippen molar-refractivity contribution in [1.82, 2.24) is 10.3 Å². The van der Waals surface area contributed by atoms with Crippen LogP contribution in [-0.4, -0.2) is 24.0 Å². The van der Waals surface area contributed by atoms with Crippen molar-refractivity contribution in [2.75, 3.05) is 7.11 Å². The van der Waals surface area contributed by atoms with E-state index in [4.69, 9.17) is 16.3 Å². The van der Waals surface area contributed by atoms with E-state index < -0.39 is 29.6 Å². The van der Waals surface area contributed by atoms with Crippen molar-refractivity contribution < 1.29 is 27.8 Å². The molecule has 6 nitrogen and oxygen atoms in total. The normalized spacial score (nSPS) is 11.5. The summed E-state index contributed by atoms with van der Waals surface area (Å²) in [4.78, 5) is 28.1. The molecular formula is C22H17ClF2N2O4. The number of benzene rings is 2. The fraction of sp³-hybridized carbons (Fsp3) is 0.136. The molecule has 31 heavy (non-hydrogen) atoms. The molecule has 0 aliphatic carbocycles. The summed E-state index contributed by atoms with van der Waals surface area (Å²) >= 11 is 5.95. The van der Waals surface area contributed by atoms with Crippen LogP contribution in [0, 0.1) is 11.6 Å².